The Labute approximate surface area is 156 Å². The molecule has 0 spiro atoms. The number of ether oxygens (including phenoxy) is 2. The zero-order chi connectivity index (χ0) is 20.2. The average Bonchev–Trinajstić information content (AvgIpc) is 2.60. The number of hydrogen-bond donors (Lipinski definition) is 2. The molecule has 0 aliphatic heterocycles. The molecule has 2 N–H and O–H groups in total. The summed E-state index contributed by atoms with van der Waals surface area (Å²) in [5, 5.41) is 11.8. The predicted octanol–water partition coefficient (Wildman–Crippen LogP) is 3.60. The summed E-state index contributed by atoms with van der Waals surface area (Å²) in [6.07, 6.45) is 0. The smallest absolute Gasteiger partial charge is 0.340 e. The maximum absolute atomic E-state index is 12.5. The number of anilines is 1. The summed E-state index contributed by atoms with van der Waals surface area (Å²) in [5.41, 5.74) is -0.347. The Bertz CT molecular complexity index is 865. The van der Waals surface area contributed by atoms with Gasteiger partial charge in [-0.3, -0.25) is 4.79 Å². The molecule has 0 aliphatic carbocycles. The molecule has 2 aromatic rings. The van der Waals surface area contributed by atoms with Gasteiger partial charge in [-0.1, -0.05) is 0 Å². The van der Waals surface area contributed by atoms with Gasteiger partial charge < -0.3 is 19.9 Å². The molecule has 27 heavy (non-hydrogen) atoms. The van der Waals surface area contributed by atoms with Gasteiger partial charge in [-0.2, -0.15) is 0 Å². The van der Waals surface area contributed by atoms with Gasteiger partial charge in [-0.15, -0.1) is 0 Å². The molecular formula is C20H21NO6. The van der Waals surface area contributed by atoms with Gasteiger partial charge in [0.25, 0.3) is 5.91 Å². The minimum absolute atomic E-state index is 0.0602. The largest absolute Gasteiger partial charge is 0.497 e. The lowest BCUT2D eigenvalue weighted by Crippen LogP contribution is -2.25. The number of aromatic carboxylic acids is 1. The number of amides is 1. The number of hydrogen-bond acceptors (Lipinski definition) is 5. The molecule has 0 atom stereocenters. The van der Waals surface area contributed by atoms with E-state index in [2.05, 4.69) is 5.32 Å². The van der Waals surface area contributed by atoms with Crippen molar-refractivity contribution < 1.29 is 29.0 Å². The van der Waals surface area contributed by atoms with Crippen LogP contribution in [0.3, 0.4) is 0 Å². The van der Waals surface area contributed by atoms with Crippen molar-refractivity contribution in [3.05, 3.63) is 59.2 Å². The molecule has 1 amide bonds. The van der Waals surface area contributed by atoms with Crippen molar-refractivity contribution in [2.75, 3.05) is 12.4 Å². The number of carbonyl (C=O) groups excluding carboxylic acids is 2. The molecule has 0 radical (unpaired) electrons. The summed E-state index contributed by atoms with van der Waals surface area (Å²) in [6, 6.07) is 10.2. The molecule has 0 unspecified atom stereocenters. The second-order valence-electron chi connectivity index (χ2n) is 6.75. The Morgan fingerprint density at radius 2 is 1.56 bits per heavy atom. The van der Waals surface area contributed by atoms with Gasteiger partial charge in [0.1, 0.15) is 11.4 Å². The first-order valence-corrected chi connectivity index (χ1v) is 8.17. The first-order chi connectivity index (χ1) is 12.6. The van der Waals surface area contributed by atoms with E-state index in [1.807, 2.05) is 0 Å². The lowest BCUT2D eigenvalue weighted by atomic mass is 10.1. The van der Waals surface area contributed by atoms with E-state index >= 15 is 0 Å². The highest BCUT2D eigenvalue weighted by atomic mass is 16.6. The molecule has 7 nitrogen and oxygen atoms in total. The highest BCUT2D eigenvalue weighted by Crippen LogP contribution is 2.23. The molecule has 2 rings (SSSR count). The van der Waals surface area contributed by atoms with Gasteiger partial charge in [-0.25, -0.2) is 9.59 Å². The molecule has 0 aliphatic rings. The van der Waals surface area contributed by atoms with Crippen LogP contribution in [0.2, 0.25) is 0 Å². The van der Waals surface area contributed by atoms with Crippen molar-refractivity contribution in [3.8, 4) is 5.75 Å². The van der Waals surface area contributed by atoms with Crippen molar-refractivity contribution in [3.63, 3.8) is 0 Å². The van der Waals surface area contributed by atoms with Crippen LogP contribution in [-0.2, 0) is 4.74 Å². The molecule has 0 saturated carbocycles. The molecule has 0 bridgehead atoms. The van der Waals surface area contributed by atoms with E-state index in [4.69, 9.17) is 9.47 Å². The molecule has 0 heterocycles. The number of benzene rings is 2. The van der Waals surface area contributed by atoms with Crippen molar-refractivity contribution in [1.29, 1.82) is 0 Å². The van der Waals surface area contributed by atoms with Crippen molar-refractivity contribution in [1.82, 2.24) is 0 Å². The van der Waals surface area contributed by atoms with E-state index < -0.39 is 23.4 Å². The van der Waals surface area contributed by atoms with Crippen LogP contribution in [0.25, 0.3) is 0 Å². The van der Waals surface area contributed by atoms with Crippen LogP contribution < -0.4 is 10.1 Å². The zero-order valence-corrected chi connectivity index (χ0v) is 15.5. The monoisotopic (exact) mass is 371 g/mol. The molecule has 7 heteroatoms. The molecule has 0 aromatic heterocycles. The fourth-order valence-electron chi connectivity index (χ4n) is 2.23. The maximum atomic E-state index is 12.5. The molecule has 2 aromatic carbocycles. The fraction of sp³-hybridized carbons (Fsp3) is 0.250. The van der Waals surface area contributed by atoms with Crippen LogP contribution >= 0.6 is 0 Å². The third-order valence-corrected chi connectivity index (χ3v) is 3.49. The minimum atomic E-state index is -1.18. The van der Waals surface area contributed by atoms with E-state index in [0.717, 1.165) is 0 Å². The van der Waals surface area contributed by atoms with Gasteiger partial charge in [-0.05, 0) is 63.2 Å². The normalized spacial score (nSPS) is 10.8. The van der Waals surface area contributed by atoms with Crippen molar-refractivity contribution in [2.45, 2.75) is 26.4 Å². The summed E-state index contributed by atoms with van der Waals surface area (Å²) in [4.78, 5) is 36.2. The first kappa shape index (κ1) is 20.0. The fourth-order valence-corrected chi connectivity index (χ4v) is 2.23. The van der Waals surface area contributed by atoms with Crippen LogP contribution in [0, 0.1) is 0 Å². The predicted molar refractivity (Wildman–Crippen MR) is 99.5 cm³/mol. The topological polar surface area (TPSA) is 102 Å². The van der Waals surface area contributed by atoms with Crippen LogP contribution in [0.5, 0.6) is 5.75 Å². The summed E-state index contributed by atoms with van der Waals surface area (Å²) >= 11 is 0. The second-order valence-corrected chi connectivity index (χ2v) is 6.75. The Kier molecular flexibility index (Phi) is 5.85. The number of carbonyl (C=O) groups is 3. The Morgan fingerprint density at radius 1 is 0.963 bits per heavy atom. The van der Waals surface area contributed by atoms with Gasteiger partial charge in [0.15, 0.2) is 0 Å². The third-order valence-electron chi connectivity index (χ3n) is 3.49. The number of rotatable bonds is 5. The molecule has 0 saturated heterocycles. The third kappa shape index (κ3) is 5.31. The molecular weight excluding hydrogens is 350 g/mol. The van der Waals surface area contributed by atoms with E-state index in [9.17, 15) is 19.5 Å². The van der Waals surface area contributed by atoms with Crippen LogP contribution in [-0.4, -0.2) is 35.7 Å². The van der Waals surface area contributed by atoms with Crippen LogP contribution in [0.4, 0.5) is 5.69 Å². The Hall–Kier alpha value is -3.35. The highest BCUT2D eigenvalue weighted by molar-refractivity contribution is 6.09. The molecule has 0 fully saturated rings. The Balaban J connectivity index is 2.36. The van der Waals surface area contributed by atoms with E-state index in [1.165, 1.54) is 25.3 Å². The average molecular weight is 371 g/mol. The van der Waals surface area contributed by atoms with E-state index in [1.54, 1.807) is 45.0 Å². The van der Waals surface area contributed by atoms with E-state index in [0.29, 0.717) is 11.3 Å². The van der Waals surface area contributed by atoms with Gasteiger partial charge in [0.2, 0.25) is 0 Å². The number of carboxylic acid groups (broad SMARTS) is 1. The van der Waals surface area contributed by atoms with Crippen LogP contribution in [0.1, 0.15) is 51.8 Å². The quantitative estimate of drug-likeness (QED) is 0.779. The van der Waals surface area contributed by atoms with Gasteiger partial charge in [0, 0.05) is 5.56 Å². The standard InChI is InChI=1S/C20H21NO6/c1-20(2,3)27-19(25)15-10-7-13(18(23)24)11-16(15)21-17(22)12-5-8-14(26-4)9-6-12/h5-11H,1-4H3,(H,21,22)(H,23,24). The lowest BCUT2D eigenvalue weighted by Gasteiger charge is -2.21. The molecule has 142 valence electrons. The van der Waals surface area contributed by atoms with Gasteiger partial charge >= 0.3 is 11.9 Å². The van der Waals surface area contributed by atoms with Crippen molar-refractivity contribution >= 4 is 23.5 Å². The minimum Gasteiger partial charge on any atom is -0.497 e. The second kappa shape index (κ2) is 7.90. The maximum Gasteiger partial charge on any atom is 0.340 e. The van der Waals surface area contributed by atoms with Crippen molar-refractivity contribution in [2.24, 2.45) is 0 Å². The number of esters is 1. The van der Waals surface area contributed by atoms with Crippen LogP contribution in [0.15, 0.2) is 42.5 Å². The number of carboxylic acids is 1. The first-order valence-electron chi connectivity index (χ1n) is 8.17. The SMILES string of the molecule is COc1ccc(C(=O)Nc2cc(C(=O)O)ccc2C(=O)OC(C)(C)C)cc1. The summed E-state index contributed by atoms with van der Waals surface area (Å²) in [5.74, 6) is -1.74. The highest BCUT2D eigenvalue weighted by Gasteiger charge is 2.22. The summed E-state index contributed by atoms with van der Waals surface area (Å²) < 4.78 is 10.4. The Morgan fingerprint density at radius 3 is 2.07 bits per heavy atom. The van der Waals surface area contributed by atoms with Gasteiger partial charge in [0.05, 0.1) is 23.9 Å². The lowest BCUT2D eigenvalue weighted by molar-refractivity contribution is 0.00703. The number of nitrogens with one attached hydrogen (secondary N) is 1. The summed E-state index contributed by atoms with van der Waals surface area (Å²) in [6.45, 7) is 5.14. The number of methoxy groups -OCH3 is 1. The summed E-state index contributed by atoms with van der Waals surface area (Å²) in [7, 11) is 1.51. The van der Waals surface area contributed by atoms with E-state index in [-0.39, 0.29) is 16.8 Å². The zero-order valence-electron chi connectivity index (χ0n) is 15.5.